The molecule has 0 fully saturated rings. The van der Waals surface area contributed by atoms with E-state index in [1.807, 2.05) is 0 Å². The number of hydrogen-bond acceptors (Lipinski definition) is 6. The summed E-state index contributed by atoms with van der Waals surface area (Å²) in [6.07, 6.45) is 0. The normalized spacial score (nSPS) is 12.1. The summed E-state index contributed by atoms with van der Waals surface area (Å²) in [5, 5.41) is 14.7. The molecule has 0 radical (unpaired) electrons. The molecule has 0 saturated heterocycles. The zero-order valence-electron chi connectivity index (χ0n) is 14.9. The fraction of sp³-hybridized carbons (Fsp3) is 0.176. The Bertz CT molecular complexity index is 998. The van der Waals surface area contributed by atoms with Crippen molar-refractivity contribution in [2.75, 3.05) is 14.1 Å². The van der Waals surface area contributed by atoms with Crippen LogP contribution in [0.4, 0.5) is 5.69 Å². The van der Waals surface area contributed by atoms with Crippen molar-refractivity contribution in [1.82, 2.24) is 9.73 Å². The summed E-state index contributed by atoms with van der Waals surface area (Å²) in [7, 11) is -0.636. The highest BCUT2D eigenvalue weighted by Gasteiger charge is 2.17. The van der Waals surface area contributed by atoms with Crippen molar-refractivity contribution in [1.29, 1.82) is 0 Å². The molecule has 0 aliphatic carbocycles. The number of carbonyl (C=O) groups excluding carboxylic acids is 1. The maximum atomic E-state index is 12.1. The van der Waals surface area contributed by atoms with Gasteiger partial charge in [0.1, 0.15) is 0 Å². The van der Waals surface area contributed by atoms with Crippen molar-refractivity contribution >= 4 is 27.3 Å². The van der Waals surface area contributed by atoms with Crippen molar-refractivity contribution in [2.45, 2.75) is 11.8 Å². The average molecular weight is 390 g/mol. The van der Waals surface area contributed by atoms with E-state index in [2.05, 4.69) is 10.5 Å². The summed E-state index contributed by atoms with van der Waals surface area (Å²) in [4.78, 5) is 22.4. The largest absolute Gasteiger partial charge is 0.271 e. The van der Waals surface area contributed by atoms with Gasteiger partial charge < -0.3 is 0 Å². The maximum Gasteiger partial charge on any atom is 0.271 e. The lowest BCUT2D eigenvalue weighted by molar-refractivity contribution is -0.384. The Morgan fingerprint density at radius 3 is 2.30 bits per heavy atom. The van der Waals surface area contributed by atoms with Gasteiger partial charge in [-0.1, -0.05) is 18.2 Å². The number of benzene rings is 2. The second-order valence-corrected chi connectivity index (χ2v) is 7.91. The lowest BCUT2D eigenvalue weighted by Crippen LogP contribution is -2.22. The van der Waals surface area contributed by atoms with Crippen molar-refractivity contribution in [2.24, 2.45) is 5.10 Å². The van der Waals surface area contributed by atoms with Crippen molar-refractivity contribution < 1.29 is 18.1 Å². The molecule has 142 valence electrons. The zero-order chi connectivity index (χ0) is 20.2. The number of nitrogens with zero attached hydrogens (tertiary/aromatic N) is 3. The fourth-order valence-corrected chi connectivity index (χ4v) is 3.01. The topological polar surface area (TPSA) is 122 Å². The third kappa shape index (κ3) is 4.74. The van der Waals surface area contributed by atoms with Gasteiger partial charge in [-0.3, -0.25) is 14.9 Å². The summed E-state index contributed by atoms with van der Waals surface area (Å²) >= 11 is 0. The van der Waals surface area contributed by atoms with E-state index >= 15 is 0 Å². The highest BCUT2D eigenvalue weighted by molar-refractivity contribution is 7.89. The summed E-state index contributed by atoms with van der Waals surface area (Å²) in [6.45, 7) is 1.64. The quantitative estimate of drug-likeness (QED) is 0.459. The first-order valence-corrected chi connectivity index (χ1v) is 9.19. The number of carbonyl (C=O) groups is 1. The SMILES string of the molecule is C/C(=N/NC(=O)c1cccc([N+](=O)[O-])c1)c1ccc(S(=O)(=O)N(C)C)cc1. The van der Waals surface area contributed by atoms with E-state index in [-0.39, 0.29) is 16.1 Å². The minimum atomic E-state index is -3.52. The zero-order valence-corrected chi connectivity index (χ0v) is 15.7. The third-order valence-corrected chi connectivity index (χ3v) is 5.52. The van der Waals surface area contributed by atoms with Gasteiger partial charge in [-0.15, -0.1) is 0 Å². The molecule has 9 nitrogen and oxygen atoms in total. The first-order valence-electron chi connectivity index (χ1n) is 7.75. The molecule has 0 atom stereocenters. The van der Waals surface area contributed by atoms with Crippen LogP contribution >= 0.6 is 0 Å². The molecule has 0 heterocycles. The molecule has 0 bridgehead atoms. The number of sulfonamides is 1. The van der Waals surface area contributed by atoms with Crippen LogP contribution in [0.5, 0.6) is 0 Å². The summed E-state index contributed by atoms with van der Waals surface area (Å²) in [5.41, 5.74) is 3.30. The van der Waals surface area contributed by atoms with Gasteiger partial charge >= 0.3 is 0 Å². The minimum absolute atomic E-state index is 0.105. The lowest BCUT2D eigenvalue weighted by Gasteiger charge is -2.11. The fourth-order valence-electron chi connectivity index (χ4n) is 2.10. The summed E-state index contributed by atoms with van der Waals surface area (Å²) < 4.78 is 25.2. The standard InChI is InChI=1S/C17H18N4O5S/c1-12(13-7-9-16(10-8-13)27(25,26)20(2)3)18-19-17(22)14-5-4-6-15(11-14)21(23)24/h4-11H,1-3H3,(H,19,22)/b18-12-. The molecule has 0 aromatic heterocycles. The van der Waals surface area contributed by atoms with Crippen molar-refractivity contribution in [3.63, 3.8) is 0 Å². The van der Waals surface area contributed by atoms with Crippen LogP contribution in [0.25, 0.3) is 0 Å². The summed E-state index contributed by atoms with van der Waals surface area (Å²) in [5.74, 6) is -0.593. The Kier molecular flexibility index (Phi) is 6.03. The molecule has 0 aliphatic rings. The van der Waals surface area contributed by atoms with Gasteiger partial charge in [-0.25, -0.2) is 18.1 Å². The van der Waals surface area contributed by atoms with Crippen LogP contribution in [-0.2, 0) is 10.0 Å². The Hall–Kier alpha value is -3.11. The Morgan fingerprint density at radius 2 is 1.74 bits per heavy atom. The van der Waals surface area contributed by atoms with E-state index in [0.717, 1.165) is 10.4 Å². The number of hydrazone groups is 1. The highest BCUT2D eigenvalue weighted by Crippen LogP contribution is 2.15. The van der Waals surface area contributed by atoms with Crippen LogP contribution < -0.4 is 5.43 Å². The van der Waals surface area contributed by atoms with E-state index < -0.39 is 20.9 Å². The molecule has 0 saturated carbocycles. The number of nitro groups is 1. The molecule has 1 amide bonds. The third-order valence-electron chi connectivity index (χ3n) is 3.69. The predicted octanol–water partition coefficient (Wildman–Crippen LogP) is 2.00. The van der Waals surface area contributed by atoms with Crippen LogP contribution in [0.1, 0.15) is 22.8 Å². The molecule has 0 aliphatic heterocycles. The second kappa shape index (κ2) is 8.06. The van der Waals surface area contributed by atoms with E-state index in [4.69, 9.17) is 0 Å². The monoisotopic (exact) mass is 390 g/mol. The Balaban J connectivity index is 2.15. The second-order valence-electron chi connectivity index (χ2n) is 5.76. The molecular weight excluding hydrogens is 372 g/mol. The molecule has 0 unspecified atom stereocenters. The van der Waals surface area contributed by atoms with E-state index in [1.165, 1.54) is 44.4 Å². The van der Waals surface area contributed by atoms with Gasteiger partial charge in [0.05, 0.1) is 15.5 Å². The maximum absolute atomic E-state index is 12.1. The van der Waals surface area contributed by atoms with E-state index in [9.17, 15) is 23.3 Å². The molecule has 2 aromatic rings. The molecule has 27 heavy (non-hydrogen) atoms. The first kappa shape index (κ1) is 20.2. The molecular formula is C17H18N4O5S. The van der Waals surface area contributed by atoms with Gasteiger partial charge in [0.25, 0.3) is 11.6 Å². The molecule has 2 rings (SSSR count). The van der Waals surface area contributed by atoms with Crippen LogP contribution in [0.15, 0.2) is 58.5 Å². The van der Waals surface area contributed by atoms with Crippen molar-refractivity contribution in [3.05, 3.63) is 69.8 Å². The molecule has 1 N–H and O–H groups in total. The number of amides is 1. The number of rotatable bonds is 6. The minimum Gasteiger partial charge on any atom is -0.267 e. The van der Waals surface area contributed by atoms with Crippen LogP contribution in [-0.4, -0.2) is 43.4 Å². The number of nitro benzene ring substituents is 1. The molecule has 10 heteroatoms. The Labute approximate surface area is 156 Å². The van der Waals surface area contributed by atoms with Gasteiger partial charge in [0.2, 0.25) is 10.0 Å². The Morgan fingerprint density at radius 1 is 1.11 bits per heavy atom. The molecule has 0 spiro atoms. The van der Waals surface area contributed by atoms with E-state index in [0.29, 0.717) is 11.3 Å². The number of hydrogen-bond donors (Lipinski definition) is 1. The first-order chi connectivity index (χ1) is 12.6. The van der Waals surface area contributed by atoms with Gasteiger partial charge in [-0.2, -0.15) is 5.10 Å². The van der Waals surface area contributed by atoms with Crippen LogP contribution in [0, 0.1) is 10.1 Å². The average Bonchev–Trinajstić information content (AvgIpc) is 2.65. The lowest BCUT2D eigenvalue weighted by atomic mass is 10.1. The number of non-ortho nitro benzene ring substituents is 1. The molecule has 2 aromatic carbocycles. The van der Waals surface area contributed by atoms with Crippen LogP contribution in [0.2, 0.25) is 0 Å². The highest BCUT2D eigenvalue weighted by atomic mass is 32.2. The summed E-state index contributed by atoms with van der Waals surface area (Å²) in [6, 6.07) is 11.3. The number of nitrogens with one attached hydrogen (secondary N) is 1. The van der Waals surface area contributed by atoms with E-state index in [1.54, 1.807) is 19.1 Å². The van der Waals surface area contributed by atoms with Crippen molar-refractivity contribution in [3.8, 4) is 0 Å². The van der Waals surface area contributed by atoms with Crippen LogP contribution in [0.3, 0.4) is 0 Å². The predicted molar refractivity (Wildman–Crippen MR) is 100 cm³/mol. The van der Waals surface area contributed by atoms with Gasteiger partial charge in [0.15, 0.2) is 0 Å². The van der Waals surface area contributed by atoms with Gasteiger partial charge in [0, 0.05) is 31.8 Å². The van der Waals surface area contributed by atoms with Gasteiger partial charge in [-0.05, 0) is 30.7 Å². The smallest absolute Gasteiger partial charge is 0.267 e.